The van der Waals surface area contributed by atoms with Gasteiger partial charge in [0, 0.05) is 27.2 Å². The summed E-state index contributed by atoms with van der Waals surface area (Å²) in [4.78, 5) is 1.08. The maximum atomic E-state index is 12.5. The highest BCUT2D eigenvalue weighted by Gasteiger charge is 2.35. The minimum Gasteiger partial charge on any atom is -0.598 e. The lowest BCUT2D eigenvalue weighted by atomic mass is 9.97. The van der Waals surface area contributed by atoms with Crippen LogP contribution in [-0.4, -0.2) is 20.3 Å². The van der Waals surface area contributed by atoms with Gasteiger partial charge >= 0.3 is 0 Å². The highest BCUT2D eigenvalue weighted by molar-refractivity contribution is 7.90. The lowest BCUT2D eigenvalue weighted by Gasteiger charge is -2.30. The molecule has 1 aliphatic rings. The Morgan fingerprint density at radius 3 is 2.64 bits per heavy atom. The van der Waals surface area contributed by atoms with E-state index >= 15 is 0 Å². The van der Waals surface area contributed by atoms with Crippen molar-refractivity contribution in [1.82, 2.24) is 10.2 Å². The smallest absolute Gasteiger partial charge is 0.150 e. The Labute approximate surface area is 139 Å². The molecule has 124 valence electrons. The summed E-state index contributed by atoms with van der Waals surface area (Å²) >= 11 is 0.423. The average molecular weight is 344 g/mol. The van der Waals surface area contributed by atoms with E-state index in [1.165, 1.54) is 12.8 Å². The Balaban J connectivity index is 2.20. The zero-order valence-electron chi connectivity index (χ0n) is 13.3. The maximum absolute atomic E-state index is 12.5. The number of hydrogen-bond acceptors (Lipinski definition) is 5. The van der Waals surface area contributed by atoms with E-state index in [2.05, 4.69) is 4.72 Å². The lowest BCUT2D eigenvalue weighted by molar-refractivity contribution is 0.234. The fraction of sp³-hybridized carbons (Fsp3) is 0.667. The van der Waals surface area contributed by atoms with Gasteiger partial charge in [-0.2, -0.15) is 0 Å². The SMILES string of the molecule is CC(C)(C)[S@+]([O-])NC(c1cc(C(=N)NO)cs1)C1CCCC1. The second kappa shape index (κ2) is 7.31. The number of hydrogen-bond donors (Lipinski definition) is 4. The van der Waals surface area contributed by atoms with Gasteiger partial charge in [-0.25, -0.2) is 0 Å². The lowest BCUT2D eigenvalue weighted by Crippen LogP contribution is -2.42. The van der Waals surface area contributed by atoms with Gasteiger partial charge in [0.15, 0.2) is 0 Å². The molecular formula is C15H25N3O2S2. The van der Waals surface area contributed by atoms with Crippen LogP contribution in [0.4, 0.5) is 0 Å². The highest BCUT2D eigenvalue weighted by atomic mass is 32.2. The summed E-state index contributed by atoms with van der Waals surface area (Å²) in [5, 5.41) is 18.4. The van der Waals surface area contributed by atoms with E-state index in [9.17, 15) is 4.55 Å². The maximum Gasteiger partial charge on any atom is 0.150 e. The number of nitrogens with one attached hydrogen (secondary N) is 3. The molecule has 0 radical (unpaired) electrons. The molecule has 0 aliphatic heterocycles. The van der Waals surface area contributed by atoms with Crippen LogP contribution in [0.5, 0.6) is 0 Å². The summed E-state index contributed by atoms with van der Waals surface area (Å²) < 4.78 is 15.5. The van der Waals surface area contributed by atoms with Crippen LogP contribution >= 0.6 is 11.3 Å². The van der Waals surface area contributed by atoms with E-state index in [0.29, 0.717) is 11.5 Å². The number of hydroxylamine groups is 1. The topological polar surface area (TPSA) is 91.2 Å². The molecule has 7 heteroatoms. The van der Waals surface area contributed by atoms with Crippen LogP contribution in [0.25, 0.3) is 0 Å². The van der Waals surface area contributed by atoms with Crippen LogP contribution in [0.3, 0.4) is 0 Å². The van der Waals surface area contributed by atoms with Crippen molar-refractivity contribution < 1.29 is 9.76 Å². The van der Waals surface area contributed by atoms with Crippen molar-refractivity contribution in [2.75, 3.05) is 0 Å². The Morgan fingerprint density at radius 1 is 1.45 bits per heavy atom. The molecule has 1 aromatic heterocycles. The van der Waals surface area contributed by atoms with Gasteiger partial charge in [0.25, 0.3) is 0 Å². The van der Waals surface area contributed by atoms with E-state index < -0.39 is 11.4 Å². The summed E-state index contributed by atoms with van der Waals surface area (Å²) in [6, 6.07) is 1.96. The Bertz CT molecular complexity index is 507. The van der Waals surface area contributed by atoms with Crippen molar-refractivity contribution >= 4 is 28.5 Å². The molecule has 1 heterocycles. The van der Waals surface area contributed by atoms with E-state index in [-0.39, 0.29) is 16.6 Å². The fourth-order valence-electron chi connectivity index (χ4n) is 2.68. The minimum absolute atomic E-state index is 0.00962. The third-order valence-corrected chi connectivity index (χ3v) is 6.58. The van der Waals surface area contributed by atoms with Gasteiger partial charge in [0.05, 0.1) is 6.04 Å². The zero-order valence-corrected chi connectivity index (χ0v) is 14.9. The first-order chi connectivity index (χ1) is 10.3. The van der Waals surface area contributed by atoms with Gasteiger partial charge in [-0.1, -0.05) is 12.8 Å². The second-order valence-electron chi connectivity index (χ2n) is 6.75. The van der Waals surface area contributed by atoms with E-state index in [0.717, 1.165) is 17.7 Å². The van der Waals surface area contributed by atoms with Gasteiger partial charge in [0.1, 0.15) is 10.6 Å². The van der Waals surface area contributed by atoms with Crippen LogP contribution in [0, 0.1) is 11.3 Å². The van der Waals surface area contributed by atoms with E-state index in [4.69, 9.17) is 10.6 Å². The molecule has 0 saturated heterocycles. The van der Waals surface area contributed by atoms with Crippen LogP contribution in [0.1, 0.15) is 62.9 Å². The molecule has 1 unspecified atom stereocenters. The predicted molar refractivity (Wildman–Crippen MR) is 91.8 cm³/mol. The first kappa shape index (κ1) is 17.7. The number of rotatable bonds is 5. The number of thiophene rings is 1. The summed E-state index contributed by atoms with van der Waals surface area (Å²) in [7, 11) is 0. The molecule has 4 N–H and O–H groups in total. The van der Waals surface area contributed by atoms with Crippen molar-refractivity contribution in [3.63, 3.8) is 0 Å². The Hall–Kier alpha value is -0.600. The summed E-state index contributed by atoms with van der Waals surface area (Å²) in [5.41, 5.74) is 2.54. The van der Waals surface area contributed by atoms with E-state index in [1.54, 1.807) is 11.3 Å². The summed E-state index contributed by atoms with van der Waals surface area (Å²) in [6.07, 6.45) is 4.72. The molecule has 1 aliphatic carbocycles. The van der Waals surface area contributed by atoms with Crippen molar-refractivity contribution in [2.45, 2.75) is 57.2 Å². The minimum atomic E-state index is -1.13. The second-order valence-corrected chi connectivity index (χ2v) is 9.69. The first-order valence-electron chi connectivity index (χ1n) is 7.58. The summed E-state index contributed by atoms with van der Waals surface area (Å²) in [6.45, 7) is 5.90. The fourth-order valence-corrected chi connectivity index (χ4v) is 4.70. The largest absolute Gasteiger partial charge is 0.598 e. The van der Waals surface area contributed by atoms with Gasteiger partial charge in [-0.3, -0.25) is 16.1 Å². The molecule has 5 nitrogen and oxygen atoms in total. The molecule has 0 amide bonds. The highest BCUT2D eigenvalue weighted by Crippen LogP contribution is 2.39. The monoisotopic (exact) mass is 343 g/mol. The van der Waals surface area contributed by atoms with Crippen LogP contribution < -0.4 is 10.2 Å². The number of amidine groups is 1. The van der Waals surface area contributed by atoms with Crippen molar-refractivity contribution in [2.24, 2.45) is 5.92 Å². The van der Waals surface area contributed by atoms with Gasteiger partial charge in [-0.05, 0) is 45.6 Å². The quantitative estimate of drug-likeness (QED) is 0.286. The Morgan fingerprint density at radius 2 is 2.09 bits per heavy atom. The standard InChI is InChI=1S/C15H25N3O2S2/c1-15(2,3)22(20)18-13(10-6-4-5-7-10)12-8-11(9-21-12)14(16)17-19/h8-10,13,18-19H,4-7H2,1-3H3,(H2,16,17)/t13?,22-/m0/s1. The molecular weight excluding hydrogens is 318 g/mol. The normalized spacial score (nSPS) is 19.1. The third kappa shape index (κ3) is 4.23. The molecule has 2 atom stereocenters. The van der Waals surface area contributed by atoms with Crippen LogP contribution in [-0.2, 0) is 11.4 Å². The predicted octanol–water partition coefficient (Wildman–Crippen LogP) is 3.34. The molecule has 0 spiro atoms. The van der Waals surface area contributed by atoms with Gasteiger partial charge < -0.3 is 4.55 Å². The first-order valence-corrected chi connectivity index (χ1v) is 9.61. The molecule has 2 rings (SSSR count). The van der Waals surface area contributed by atoms with Crippen molar-refractivity contribution in [3.8, 4) is 0 Å². The molecule has 1 saturated carbocycles. The van der Waals surface area contributed by atoms with Crippen LogP contribution in [0.15, 0.2) is 11.4 Å². The summed E-state index contributed by atoms with van der Waals surface area (Å²) in [5.74, 6) is 0.471. The van der Waals surface area contributed by atoms with Crippen molar-refractivity contribution in [3.05, 3.63) is 21.9 Å². The average Bonchev–Trinajstić information content (AvgIpc) is 3.13. The van der Waals surface area contributed by atoms with Crippen molar-refractivity contribution in [1.29, 1.82) is 5.41 Å². The van der Waals surface area contributed by atoms with E-state index in [1.807, 2.05) is 37.7 Å². The molecule has 22 heavy (non-hydrogen) atoms. The zero-order chi connectivity index (χ0) is 16.3. The van der Waals surface area contributed by atoms with Gasteiger partial charge in [0.2, 0.25) is 0 Å². The molecule has 0 bridgehead atoms. The molecule has 1 aromatic rings. The molecule has 1 fully saturated rings. The third-order valence-electron chi connectivity index (χ3n) is 3.99. The Kier molecular flexibility index (Phi) is 5.90. The van der Waals surface area contributed by atoms with Crippen LogP contribution in [0.2, 0.25) is 0 Å². The molecule has 0 aromatic carbocycles. The van der Waals surface area contributed by atoms with Gasteiger partial charge in [-0.15, -0.1) is 16.1 Å².